The van der Waals surface area contributed by atoms with Crippen LogP contribution in [-0.4, -0.2) is 41.4 Å². The van der Waals surface area contributed by atoms with E-state index in [1.807, 2.05) is 37.3 Å². The van der Waals surface area contributed by atoms with Crippen LogP contribution in [0.5, 0.6) is 0 Å². The van der Waals surface area contributed by atoms with Gasteiger partial charge in [-0.15, -0.1) is 11.3 Å². The molecule has 7 nitrogen and oxygen atoms in total. The number of halogens is 2. The van der Waals surface area contributed by atoms with Crippen LogP contribution in [0.25, 0.3) is 22.5 Å². The third-order valence-electron chi connectivity index (χ3n) is 8.76. The second-order valence-electron chi connectivity index (χ2n) is 11.5. The molecule has 3 atom stereocenters. The van der Waals surface area contributed by atoms with E-state index < -0.39 is 0 Å². The van der Waals surface area contributed by atoms with E-state index >= 15 is 0 Å². The molecule has 2 aromatic carbocycles. The maximum atomic E-state index is 11.9. The largest absolute Gasteiger partial charge is 0.465 e. The normalized spacial score (nSPS) is 21.6. The summed E-state index contributed by atoms with van der Waals surface area (Å²) >= 11 is 14.8. The van der Waals surface area contributed by atoms with Crippen LogP contribution in [0.4, 0.5) is 5.13 Å². The van der Waals surface area contributed by atoms with E-state index in [0.29, 0.717) is 51.5 Å². The van der Waals surface area contributed by atoms with Crippen molar-refractivity contribution in [2.75, 3.05) is 12.0 Å². The number of carbonyl (C=O) groups excluding carboxylic acids is 1. The fourth-order valence-electron chi connectivity index (χ4n) is 6.53. The molecule has 0 N–H and O–H groups in total. The lowest BCUT2D eigenvalue weighted by Crippen LogP contribution is -2.45. The average Bonchev–Trinajstić information content (AvgIpc) is 3.46. The highest BCUT2D eigenvalue weighted by atomic mass is 35.5. The minimum Gasteiger partial charge on any atom is -0.465 e. The number of thiazole rings is 1. The molecular weight excluding hydrogens is 593 g/mol. The molecule has 4 aromatic rings. The molecule has 42 heavy (non-hydrogen) atoms. The summed E-state index contributed by atoms with van der Waals surface area (Å²) in [5.74, 6) is 0.970. The number of piperidine rings is 1. The molecule has 3 fully saturated rings. The molecule has 0 spiro atoms. The number of rotatable bonds is 8. The predicted molar refractivity (Wildman–Crippen MR) is 165 cm³/mol. The first kappa shape index (κ1) is 27.9. The van der Waals surface area contributed by atoms with Crippen LogP contribution in [-0.2, 0) is 16.1 Å². The second-order valence-corrected chi connectivity index (χ2v) is 13.1. The van der Waals surface area contributed by atoms with Gasteiger partial charge in [0.15, 0.2) is 5.13 Å². The van der Waals surface area contributed by atoms with Crippen molar-refractivity contribution >= 4 is 45.6 Å². The van der Waals surface area contributed by atoms with Crippen LogP contribution in [0.15, 0.2) is 46.3 Å². The third-order valence-corrected chi connectivity index (χ3v) is 10.2. The zero-order valence-corrected chi connectivity index (χ0v) is 25.8. The van der Waals surface area contributed by atoms with Crippen molar-refractivity contribution < 1.29 is 18.8 Å². The van der Waals surface area contributed by atoms with Gasteiger partial charge in [0.1, 0.15) is 11.5 Å². The number of aryl methyl sites for hydroxylation is 1. The molecule has 2 aliphatic heterocycles. The number of fused-ring (bicyclic) bond motifs is 2. The van der Waals surface area contributed by atoms with Crippen molar-refractivity contribution in [1.82, 2.24) is 10.1 Å². The quantitative estimate of drug-likeness (QED) is 0.182. The lowest BCUT2D eigenvalue weighted by atomic mass is 10.00. The molecule has 0 amide bonds. The topological polar surface area (TPSA) is 77.7 Å². The highest BCUT2D eigenvalue weighted by Crippen LogP contribution is 2.47. The van der Waals surface area contributed by atoms with E-state index in [0.717, 1.165) is 71.8 Å². The summed E-state index contributed by atoms with van der Waals surface area (Å²) < 4.78 is 17.3. The van der Waals surface area contributed by atoms with Crippen LogP contribution in [0.3, 0.4) is 0 Å². The molecule has 3 aliphatic rings. The minimum absolute atomic E-state index is 0.141. The van der Waals surface area contributed by atoms with Gasteiger partial charge in [0, 0.05) is 40.1 Å². The van der Waals surface area contributed by atoms with Crippen molar-refractivity contribution in [3.05, 3.63) is 74.3 Å². The standard InChI is InChI=1S/C32H31Cl2N3O4S/c1-17-12-19(31(38)39-2)8-11-23(17)27-16-42-32(35-27)37-20-9-10-21(37)14-22(13-20)40-15-24-29(36-41-30(24)18-6-7-18)28-25(33)4-3-5-26(28)34/h3-5,8,11-12,16,18,20-22H,6-7,9-10,13-15H2,1-2H3/t20-,21+,22?. The molecular formula is C32H31Cl2N3O4S. The summed E-state index contributed by atoms with van der Waals surface area (Å²) in [6, 6.07) is 11.9. The summed E-state index contributed by atoms with van der Waals surface area (Å²) in [5.41, 5.74) is 5.89. The molecule has 2 saturated heterocycles. The van der Waals surface area contributed by atoms with Crippen molar-refractivity contribution in [1.29, 1.82) is 0 Å². The Hall–Kier alpha value is -2.91. The highest BCUT2D eigenvalue weighted by molar-refractivity contribution is 7.14. The lowest BCUT2D eigenvalue weighted by molar-refractivity contribution is 0.0147. The number of ether oxygens (including phenoxy) is 2. The minimum atomic E-state index is -0.332. The van der Waals surface area contributed by atoms with Gasteiger partial charge in [-0.3, -0.25) is 0 Å². The molecule has 2 bridgehead atoms. The Morgan fingerprint density at radius 2 is 1.83 bits per heavy atom. The van der Waals surface area contributed by atoms with Gasteiger partial charge >= 0.3 is 5.97 Å². The first-order valence-corrected chi connectivity index (χ1v) is 16.0. The number of methoxy groups -OCH3 is 1. The van der Waals surface area contributed by atoms with Gasteiger partial charge in [-0.25, -0.2) is 9.78 Å². The SMILES string of the molecule is COC(=O)c1ccc(-c2csc(N3[C@@H]4CC[C@H]3CC(OCc3c(-c5c(Cl)cccc5Cl)noc3C3CC3)C4)n2)c(C)c1. The van der Waals surface area contributed by atoms with Gasteiger partial charge in [0.2, 0.25) is 0 Å². The van der Waals surface area contributed by atoms with Crippen molar-refractivity contribution in [3.63, 3.8) is 0 Å². The van der Waals surface area contributed by atoms with Crippen LogP contribution >= 0.6 is 34.5 Å². The van der Waals surface area contributed by atoms with E-state index in [1.54, 1.807) is 17.4 Å². The number of esters is 1. The number of hydrogen-bond acceptors (Lipinski definition) is 8. The highest BCUT2D eigenvalue weighted by Gasteiger charge is 2.43. The van der Waals surface area contributed by atoms with Gasteiger partial charge in [0.25, 0.3) is 0 Å². The fraction of sp³-hybridized carbons (Fsp3) is 0.406. The van der Waals surface area contributed by atoms with Crippen molar-refractivity contribution in [2.45, 2.75) is 76.2 Å². The van der Waals surface area contributed by atoms with Gasteiger partial charge in [-0.05, 0) is 75.3 Å². The zero-order valence-electron chi connectivity index (χ0n) is 23.4. The van der Waals surface area contributed by atoms with Gasteiger partial charge in [-0.1, -0.05) is 40.5 Å². The summed E-state index contributed by atoms with van der Waals surface area (Å²) in [6.07, 6.45) is 6.51. The number of nitrogens with zero attached hydrogens (tertiary/aromatic N) is 3. The third kappa shape index (κ3) is 5.12. The van der Waals surface area contributed by atoms with Crippen LogP contribution in [0, 0.1) is 6.92 Å². The molecule has 0 radical (unpaired) electrons. The first-order valence-electron chi connectivity index (χ1n) is 14.4. The monoisotopic (exact) mass is 623 g/mol. The lowest BCUT2D eigenvalue weighted by Gasteiger charge is -2.38. The summed E-state index contributed by atoms with van der Waals surface area (Å²) in [7, 11) is 1.40. The Balaban J connectivity index is 1.06. The van der Waals surface area contributed by atoms with Crippen molar-refractivity contribution in [3.8, 4) is 22.5 Å². The summed E-state index contributed by atoms with van der Waals surface area (Å²) in [5, 5.41) is 8.70. The first-order chi connectivity index (χ1) is 20.4. The van der Waals surface area contributed by atoms with Crippen LogP contribution in [0.1, 0.15) is 71.7 Å². The zero-order chi connectivity index (χ0) is 29.0. The molecule has 1 unspecified atom stereocenters. The van der Waals surface area contributed by atoms with E-state index in [4.69, 9.17) is 42.2 Å². The van der Waals surface area contributed by atoms with Gasteiger partial charge in [-0.2, -0.15) is 0 Å². The average molecular weight is 625 g/mol. The molecule has 7 rings (SSSR count). The molecule has 2 aromatic heterocycles. The summed E-state index contributed by atoms with van der Waals surface area (Å²) in [4.78, 5) is 19.5. The molecule has 1 saturated carbocycles. The Kier molecular flexibility index (Phi) is 7.51. The Morgan fingerprint density at radius 3 is 2.50 bits per heavy atom. The van der Waals surface area contributed by atoms with Gasteiger partial charge < -0.3 is 18.9 Å². The Bertz CT molecular complexity index is 1610. The van der Waals surface area contributed by atoms with Crippen LogP contribution in [0.2, 0.25) is 10.0 Å². The van der Waals surface area contributed by atoms with Gasteiger partial charge in [0.05, 0.1) is 41.1 Å². The van der Waals surface area contributed by atoms with E-state index in [1.165, 1.54) is 7.11 Å². The maximum absolute atomic E-state index is 11.9. The smallest absolute Gasteiger partial charge is 0.337 e. The molecule has 4 heterocycles. The number of hydrogen-bond donors (Lipinski definition) is 0. The predicted octanol–water partition coefficient (Wildman–Crippen LogP) is 8.46. The number of anilines is 1. The Labute approximate surface area is 258 Å². The fourth-order valence-corrected chi connectivity index (χ4v) is 8.07. The van der Waals surface area contributed by atoms with E-state index in [-0.39, 0.29) is 12.1 Å². The number of carbonyl (C=O) groups is 1. The van der Waals surface area contributed by atoms with E-state index in [9.17, 15) is 4.79 Å². The Morgan fingerprint density at radius 1 is 1.10 bits per heavy atom. The van der Waals surface area contributed by atoms with Crippen LogP contribution < -0.4 is 4.90 Å². The van der Waals surface area contributed by atoms with E-state index in [2.05, 4.69) is 15.4 Å². The molecule has 10 heteroatoms. The number of benzene rings is 2. The van der Waals surface area contributed by atoms with Crippen molar-refractivity contribution in [2.24, 2.45) is 0 Å². The molecule has 218 valence electrons. The second kappa shape index (κ2) is 11.3. The molecule has 1 aliphatic carbocycles. The number of aromatic nitrogens is 2. The summed E-state index contributed by atoms with van der Waals surface area (Å²) in [6.45, 7) is 2.43. The maximum Gasteiger partial charge on any atom is 0.337 e.